The molecule has 2 aromatic carbocycles. The maximum Gasteiger partial charge on any atom is 0.255 e. The number of carbonyl (C=O) groups excluding carboxylic acids is 3. The SMILES string of the molecule is CN(C)c1ccc(-c2cc(N)c(O)c3c2C[C@H]2C[C@H]4[C@@H](N(C)C)C(O)=C(C(N)=O)C(=O)[C@@]4(O)C(O)=C2C3=O)cc1. The summed E-state index contributed by atoms with van der Waals surface area (Å²) >= 11 is 0. The van der Waals surface area contributed by atoms with E-state index in [2.05, 4.69) is 0 Å². The van der Waals surface area contributed by atoms with Crippen LogP contribution in [0.3, 0.4) is 0 Å². The lowest BCUT2D eigenvalue weighted by molar-refractivity contribution is -0.148. The summed E-state index contributed by atoms with van der Waals surface area (Å²) in [5.41, 5.74) is 10.4. The fraction of sp³-hybridized carbons (Fsp3) is 0.345. The average molecular weight is 549 g/mol. The number of nitrogens with zero attached hydrogens (tertiary/aromatic N) is 2. The molecule has 210 valence electrons. The number of allylic oxidation sites excluding steroid dienone is 1. The largest absolute Gasteiger partial charge is 0.510 e. The summed E-state index contributed by atoms with van der Waals surface area (Å²) in [6.07, 6.45) is 0.184. The molecule has 40 heavy (non-hydrogen) atoms. The van der Waals surface area contributed by atoms with Gasteiger partial charge in [-0.3, -0.25) is 19.3 Å². The first-order valence-corrected chi connectivity index (χ1v) is 12.8. The lowest BCUT2D eigenvalue weighted by Gasteiger charge is -2.50. The number of amides is 1. The average Bonchev–Trinajstić information content (AvgIpc) is 2.88. The quantitative estimate of drug-likeness (QED) is 0.185. The molecule has 0 bridgehead atoms. The van der Waals surface area contributed by atoms with Crippen LogP contribution in [0.15, 0.2) is 53.0 Å². The summed E-state index contributed by atoms with van der Waals surface area (Å²) in [5.74, 6) is -7.07. The third-order valence-corrected chi connectivity index (χ3v) is 8.45. The molecule has 2 aromatic rings. The zero-order chi connectivity index (χ0) is 29.4. The maximum absolute atomic E-state index is 14.0. The Hall–Kier alpha value is -4.35. The molecule has 0 saturated carbocycles. The Labute approximate surface area is 230 Å². The van der Waals surface area contributed by atoms with Crippen molar-refractivity contribution < 1.29 is 34.8 Å². The van der Waals surface area contributed by atoms with E-state index >= 15 is 0 Å². The van der Waals surface area contributed by atoms with E-state index in [1.165, 1.54) is 4.90 Å². The predicted molar refractivity (Wildman–Crippen MR) is 148 cm³/mol. The van der Waals surface area contributed by atoms with Crippen LogP contribution < -0.4 is 16.4 Å². The number of phenolic OH excluding ortho intramolecular Hbond substituents is 1. The van der Waals surface area contributed by atoms with Crippen molar-refractivity contribution in [3.8, 4) is 16.9 Å². The van der Waals surface area contributed by atoms with Gasteiger partial charge in [-0.2, -0.15) is 0 Å². The second-order valence-electron chi connectivity index (χ2n) is 11.1. The van der Waals surface area contributed by atoms with Crippen molar-refractivity contribution in [1.82, 2.24) is 4.90 Å². The van der Waals surface area contributed by atoms with E-state index in [0.29, 0.717) is 11.1 Å². The lowest BCUT2D eigenvalue weighted by Crippen LogP contribution is -2.63. The molecule has 0 saturated heterocycles. The first-order valence-electron chi connectivity index (χ1n) is 12.8. The number of benzene rings is 2. The highest BCUT2D eigenvalue weighted by Gasteiger charge is 2.63. The number of hydrogen-bond acceptors (Lipinski definition) is 10. The van der Waals surface area contributed by atoms with Crippen LogP contribution in [0, 0.1) is 11.8 Å². The number of phenols is 1. The molecular weight excluding hydrogens is 516 g/mol. The van der Waals surface area contributed by atoms with Gasteiger partial charge in [-0.1, -0.05) is 12.1 Å². The van der Waals surface area contributed by atoms with Crippen molar-refractivity contribution in [2.45, 2.75) is 24.5 Å². The Kier molecular flexibility index (Phi) is 6.20. The number of aromatic hydroxyl groups is 1. The highest BCUT2D eigenvalue weighted by atomic mass is 16.3. The van der Waals surface area contributed by atoms with Crippen molar-refractivity contribution in [3.05, 3.63) is 64.1 Å². The highest BCUT2D eigenvalue weighted by Crippen LogP contribution is 2.53. The smallest absolute Gasteiger partial charge is 0.255 e. The van der Waals surface area contributed by atoms with Crippen LogP contribution >= 0.6 is 0 Å². The molecule has 5 rings (SSSR count). The normalized spacial score (nSPS) is 26.0. The zero-order valence-electron chi connectivity index (χ0n) is 22.6. The molecule has 1 amide bonds. The van der Waals surface area contributed by atoms with Gasteiger partial charge in [-0.05, 0) is 67.7 Å². The van der Waals surface area contributed by atoms with Gasteiger partial charge < -0.3 is 36.8 Å². The minimum atomic E-state index is -2.69. The van der Waals surface area contributed by atoms with Crippen LogP contribution in [0.4, 0.5) is 11.4 Å². The van der Waals surface area contributed by atoms with E-state index in [1.807, 2.05) is 43.3 Å². The molecule has 11 nitrogen and oxygen atoms in total. The van der Waals surface area contributed by atoms with Crippen molar-refractivity contribution in [1.29, 1.82) is 0 Å². The fourth-order valence-corrected chi connectivity index (χ4v) is 6.54. The second kappa shape index (κ2) is 9.10. The summed E-state index contributed by atoms with van der Waals surface area (Å²) < 4.78 is 0. The molecule has 0 aliphatic heterocycles. The molecule has 3 aliphatic carbocycles. The van der Waals surface area contributed by atoms with Gasteiger partial charge in [0.25, 0.3) is 5.91 Å². The van der Waals surface area contributed by atoms with Crippen molar-refractivity contribution >= 4 is 28.8 Å². The third kappa shape index (κ3) is 3.61. The number of Topliss-reactive ketones (excluding diaryl/α,β-unsaturated/α-hetero) is 2. The molecule has 11 heteroatoms. The number of primary amides is 1. The number of carbonyl (C=O) groups is 3. The molecule has 0 spiro atoms. The predicted octanol–water partition coefficient (Wildman–Crippen LogP) is 1.44. The molecule has 0 radical (unpaired) electrons. The first-order chi connectivity index (χ1) is 18.7. The third-order valence-electron chi connectivity index (χ3n) is 8.45. The number of fused-ring (bicyclic) bond motifs is 3. The second-order valence-corrected chi connectivity index (χ2v) is 11.1. The molecule has 8 N–H and O–H groups in total. The van der Waals surface area contributed by atoms with Crippen LogP contribution in [0.2, 0.25) is 0 Å². The van der Waals surface area contributed by atoms with Crippen LogP contribution in [-0.2, 0) is 16.0 Å². The van der Waals surface area contributed by atoms with Gasteiger partial charge in [0.2, 0.25) is 5.78 Å². The summed E-state index contributed by atoms with van der Waals surface area (Å²) in [5, 5.41) is 45.0. The number of rotatable bonds is 4. The first kappa shape index (κ1) is 27.2. The van der Waals surface area contributed by atoms with Gasteiger partial charge in [0.1, 0.15) is 22.8 Å². The maximum atomic E-state index is 14.0. The van der Waals surface area contributed by atoms with Crippen LogP contribution in [0.5, 0.6) is 5.75 Å². The molecule has 0 aromatic heterocycles. The van der Waals surface area contributed by atoms with E-state index in [1.54, 1.807) is 20.2 Å². The Bertz CT molecular complexity index is 1540. The Morgan fingerprint density at radius 3 is 2.23 bits per heavy atom. The topological polar surface area (TPSA) is 191 Å². The Morgan fingerprint density at radius 2 is 1.68 bits per heavy atom. The number of nitrogens with two attached hydrogens (primary N) is 2. The minimum Gasteiger partial charge on any atom is -0.510 e. The van der Waals surface area contributed by atoms with E-state index in [-0.39, 0.29) is 29.7 Å². The van der Waals surface area contributed by atoms with Crippen LogP contribution in [0.1, 0.15) is 22.3 Å². The summed E-state index contributed by atoms with van der Waals surface area (Å²) in [6, 6.07) is 8.13. The van der Waals surface area contributed by atoms with E-state index in [9.17, 15) is 34.8 Å². The molecule has 0 unspecified atom stereocenters. The fourth-order valence-electron chi connectivity index (χ4n) is 6.54. The van der Waals surface area contributed by atoms with Gasteiger partial charge in [0, 0.05) is 31.3 Å². The molecular formula is C29H32N4O7. The Morgan fingerprint density at radius 1 is 1.05 bits per heavy atom. The summed E-state index contributed by atoms with van der Waals surface area (Å²) in [6.45, 7) is 0. The summed E-state index contributed by atoms with van der Waals surface area (Å²) in [7, 11) is 7.00. The number of aliphatic hydroxyl groups excluding tert-OH is 2. The standard InChI is InChI=1S/C29H32N4O7/c1-32(2)14-7-5-12(6-8-14)15-11-18(30)23(34)20-16(15)9-13-10-17-22(33(3)4)25(36)21(28(31)39)27(38)29(17,40)26(37)19(13)24(20)35/h5-8,11,13,17,22,34,36-37,40H,9-10,30H2,1-4H3,(H2,31,39)/t13-,17-,22+,29-/m0/s1. The molecule has 4 atom stereocenters. The van der Waals surface area contributed by atoms with E-state index in [0.717, 1.165) is 11.3 Å². The monoisotopic (exact) mass is 548 g/mol. The Balaban J connectivity index is 1.72. The van der Waals surface area contributed by atoms with E-state index < -0.39 is 63.8 Å². The minimum absolute atomic E-state index is 0.00983. The van der Waals surface area contributed by atoms with Crippen molar-refractivity contribution in [2.24, 2.45) is 17.6 Å². The van der Waals surface area contributed by atoms with Gasteiger partial charge in [-0.25, -0.2) is 0 Å². The number of hydrogen-bond donors (Lipinski definition) is 6. The summed E-state index contributed by atoms with van der Waals surface area (Å²) in [4.78, 5) is 42.9. The van der Waals surface area contributed by atoms with E-state index in [4.69, 9.17) is 11.5 Å². The van der Waals surface area contributed by atoms with Gasteiger partial charge in [-0.15, -0.1) is 0 Å². The van der Waals surface area contributed by atoms with Crippen LogP contribution in [-0.4, -0.2) is 82.6 Å². The lowest BCUT2D eigenvalue weighted by atomic mass is 9.58. The molecule has 3 aliphatic rings. The number of anilines is 2. The number of aliphatic hydroxyl groups is 3. The zero-order valence-corrected chi connectivity index (χ0v) is 22.6. The van der Waals surface area contributed by atoms with Gasteiger partial charge in [0.05, 0.1) is 17.3 Å². The highest BCUT2D eigenvalue weighted by molar-refractivity contribution is 6.25. The number of likely N-dealkylation sites (N-methyl/N-ethyl adjacent to an activating group) is 1. The van der Waals surface area contributed by atoms with Crippen LogP contribution in [0.25, 0.3) is 11.1 Å². The van der Waals surface area contributed by atoms with Crippen molar-refractivity contribution in [3.63, 3.8) is 0 Å². The molecule has 0 fully saturated rings. The van der Waals surface area contributed by atoms with Gasteiger partial charge in [0.15, 0.2) is 11.4 Å². The number of ketones is 2. The van der Waals surface area contributed by atoms with Gasteiger partial charge >= 0.3 is 0 Å². The number of nitrogen functional groups attached to an aromatic ring is 1. The van der Waals surface area contributed by atoms with Crippen molar-refractivity contribution in [2.75, 3.05) is 38.8 Å². The molecule has 0 heterocycles.